The molecule has 6 nitrogen and oxygen atoms in total. The van der Waals surface area contributed by atoms with E-state index in [1.54, 1.807) is 18.2 Å². The molecule has 1 aromatic carbocycles. The first kappa shape index (κ1) is 12.8. The highest BCUT2D eigenvalue weighted by Gasteiger charge is 2.18. The number of aromatic amines is 1. The summed E-state index contributed by atoms with van der Waals surface area (Å²) in [7, 11) is -3.75. The summed E-state index contributed by atoms with van der Waals surface area (Å²) in [6.07, 6.45) is 0. The molecule has 2 rings (SSSR count). The van der Waals surface area contributed by atoms with E-state index in [0.29, 0.717) is 5.69 Å². The number of imidazole rings is 1. The lowest BCUT2D eigenvalue weighted by molar-refractivity contribution is 0.554. The van der Waals surface area contributed by atoms with Gasteiger partial charge in [-0.05, 0) is 18.2 Å². The summed E-state index contributed by atoms with van der Waals surface area (Å²) in [6.45, 7) is 6.15. The van der Waals surface area contributed by atoms with Crippen LogP contribution in [-0.2, 0) is 15.6 Å². The zero-order valence-corrected chi connectivity index (χ0v) is 11.3. The second-order valence-electron chi connectivity index (χ2n) is 5.21. The molecule has 2 aromatic rings. The van der Waals surface area contributed by atoms with E-state index in [-0.39, 0.29) is 5.41 Å². The van der Waals surface area contributed by atoms with E-state index in [4.69, 9.17) is 5.14 Å². The van der Waals surface area contributed by atoms with Crippen molar-refractivity contribution in [3.05, 3.63) is 24.0 Å². The lowest BCUT2D eigenvalue weighted by Gasteiger charge is -2.13. The average Bonchev–Trinajstić information content (AvgIpc) is 2.57. The molecule has 0 aliphatic heterocycles. The standard InChI is InChI=1S/C11H16N4O2S/c1-11(2,3)10-13-8-5-4-7(6-9(8)14-10)15-18(12,16)17/h4-6,15H,1-3H3,(H,13,14)(H2,12,16,17). The van der Waals surface area contributed by atoms with Gasteiger partial charge in [0, 0.05) is 5.41 Å². The Morgan fingerprint density at radius 3 is 2.56 bits per heavy atom. The Bertz CT molecular complexity index is 683. The number of nitrogens with one attached hydrogen (secondary N) is 2. The maximum atomic E-state index is 10.9. The van der Waals surface area contributed by atoms with Crippen LogP contribution in [-0.4, -0.2) is 18.4 Å². The summed E-state index contributed by atoms with van der Waals surface area (Å²) >= 11 is 0. The normalized spacial score (nSPS) is 12.9. The molecule has 0 aliphatic carbocycles. The molecule has 7 heteroatoms. The Morgan fingerprint density at radius 1 is 1.33 bits per heavy atom. The van der Waals surface area contributed by atoms with Gasteiger partial charge in [0.2, 0.25) is 0 Å². The predicted octanol–water partition coefficient (Wildman–Crippen LogP) is 1.48. The van der Waals surface area contributed by atoms with E-state index in [1.807, 2.05) is 20.8 Å². The van der Waals surface area contributed by atoms with Gasteiger partial charge in [0.25, 0.3) is 10.2 Å². The van der Waals surface area contributed by atoms with E-state index in [1.165, 1.54) is 0 Å². The van der Waals surface area contributed by atoms with Crippen LogP contribution >= 0.6 is 0 Å². The van der Waals surface area contributed by atoms with Gasteiger partial charge in [-0.25, -0.2) is 10.1 Å². The van der Waals surface area contributed by atoms with Crippen LogP contribution < -0.4 is 9.86 Å². The summed E-state index contributed by atoms with van der Waals surface area (Å²) in [5, 5.41) is 4.92. The van der Waals surface area contributed by atoms with Crippen LogP contribution in [0.3, 0.4) is 0 Å². The largest absolute Gasteiger partial charge is 0.341 e. The van der Waals surface area contributed by atoms with E-state index < -0.39 is 10.2 Å². The fourth-order valence-electron chi connectivity index (χ4n) is 1.59. The Kier molecular flexibility index (Phi) is 2.83. The maximum Gasteiger partial charge on any atom is 0.296 e. The fraction of sp³-hybridized carbons (Fsp3) is 0.364. The quantitative estimate of drug-likeness (QED) is 0.768. The zero-order chi connectivity index (χ0) is 13.6. The third-order valence-corrected chi connectivity index (χ3v) is 2.97. The van der Waals surface area contributed by atoms with E-state index >= 15 is 0 Å². The first-order chi connectivity index (χ1) is 8.15. The Balaban J connectivity index is 2.46. The van der Waals surface area contributed by atoms with E-state index in [2.05, 4.69) is 14.7 Å². The molecule has 98 valence electrons. The van der Waals surface area contributed by atoms with Gasteiger partial charge in [0.1, 0.15) is 5.82 Å². The van der Waals surface area contributed by atoms with Crippen LogP contribution in [0.4, 0.5) is 5.69 Å². The molecule has 18 heavy (non-hydrogen) atoms. The highest BCUT2D eigenvalue weighted by molar-refractivity contribution is 7.90. The van der Waals surface area contributed by atoms with Crippen molar-refractivity contribution < 1.29 is 8.42 Å². The van der Waals surface area contributed by atoms with Crippen LogP contribution in [0.1, 0.15) is 26.6 Å². The number of nitrogens with zero attached hydrogens (tertiary/aromatic N) is 1. The number of fused-ring (bicyclic) bond motifs is 1. The number of anilines is 1. The van der Waals surface area contributed by atoms with Crippen LogP contribution in [0.5, 0.6) is 0 Å². The third kappa shape index (κ3) is 2.80. The topological polar surface area (TPSA) is 101 Å². The van der Waals surface area contributed by atoms with Gasteiger partial charge in [0.15, 0.2) is 0 Å². The van der Waals surface area contributed by atoms with Crippen LogP contribution in [0.2, 0.25) is 0 Å². The van der Waals surface area contributed by atoms with Gasteiger partial charge in [0.05, 0.1) is 16.7 Å². The van der Waals surface area contributed by atoms with Gasteiger partial charge in [-0.15, -0.1) is 0 Å². The van der Waals surface area contributed by atoms with Crippen LogP contribution in [0.15, 0.2) is 18.2 Å². The number of benzene rings is 1. The molecule has 4 N–H and O–H groups in total. The molecule has 0 saturated carbocycles. The summed E-state index contributed by atoms with van der Waals surface area (Å²) < 4.78 is 24.1. The molecule has 1 heterocycles. The number of nitrogens with two attached hydrogens (primary N) is 1. The van der Waals surface area contributed by atoms with Crippen molar-refractivity contribution in [3.8, 4) is 0 Å². The van der Waals surface area contributed by atoms with Gasteiger partial charge >= 0.3 is 0 Å². The van der Waals surface area contributed by atoms with Gasteiger partial charge in [-0.2, -0.15) is 8.42 Å². The highest BCUT2D eigenvalue weighted by atomic mass is 32.2. The van der Waals surface area contributed by atoms with Gasteiger partial charge in [-0.1, -0.05) is 20.8 Å². The van der Waals surface area contributed by atoms with Crippen molar-refractivity contribution in [3.63, 3.8) is 0 Å². The van der Waals surface area contributed by atoms with Crippen molar-refractivity contribution in [1.82, 2.24) is 9.97 Å². The second-order valence-corrected chi connectivity index (χ2v) is 6.51. The zero-order valence-electron chi connectivity index (χ0n) is 10.5. The molecule has 0 aliphatic rings. The molecule has 0 radical (unpaired) electrons. The lowest BCUT2D eigenvalue weighted by Crippen LogP contribution is -2.21. The maximum absolute atomic E-state index is 10.9. The molecule has 0 spiro atoms. The van der Waals surface area contributed by atoms with Crippen molar-refractivity contribution in [1.29, 1.82) is 0 Å². The average molecular weight is 268 g/mol. The third-order valence-electron chi connectivity index (χ3n) is 2.45. The highest BCUT2D eigenvalue weighted by Crippen LogP contribution is 2.24. The number of aromatic nitrogens is 2. The summed E-state index contributed by atoms with van der Waals surface area (Å²) in [4.78, 5) is 7.63. The summed E-state index contributed by atoms with van der Waals surface area (Å²) in [5.41, 5.74) is 1.88. The Labute approximate surface area is 106 Å². The molecule has 0 atom stereocenters. The molecular weight excluding hydrogens is 252 g/mol. The fourth-order valence-corrected chi connectivity index (χ4v) is 2.05. The van der Waals surface area contributed by atoms with E-state index in [9.17, 15) is 8.42 Å². The molecule has 0 unspecified atom stereocenters. The molecular formula is C11H16N4O2S. The molecule has 0 amide bonds. The van der Waals surface area contributed by atoms with Crippen molar-refractivity contribution in [2.24, 2.45) is 5.14 Å². The molecule has 0 saturated heterocycles. The number of rotatable bonds is 2. The SMILES string of the molecule is CC(C)(C)c1nc2ccc(NS(N)(=O)=O)cc2[nH]1. The minimum Gasteiger partial charge on any atom is -0.341 e. The monoisotopic (exact) mass is 268 g/mol. The van der Waals surface area contributed by atoms with Crippen molar-refractivity contribution in [2.45, 2.75) is 26.2 Å². The summed E-state index contributed by atoms with van der Waals surface area (Å²) in [6, 6.07) is 5.04. The Hall–Kier alpha value is -1.60. The predicted molar refractivity (Wildman–Crippen MR) is 71.5 cm³/mol. The molecule has 1 aromatic heterocycles. The summed E-state index contributed by atoms with van der Waals surface area (Å²) in [5.74, 6) is 0.852. The van der Waals surface area contributed by atoms with E-state index in [0.717, 1.165) is 16.9 Å². The first-order valence-corrected chi connectivity index (χ1v) is 7.00. The Morgan fingerprint density at radius 2 is 2.00 bits per heavy atom. The van der Waals surface area contributed by atoms with Gasteiger partial charge < -0.3 is 4.98 Å². The smallest absolute Gasteiger partial charge is 0.296 e. The molecule has 0 bridgehead atoms. The van der Waals surface area contributed by atoms with Crippen LogP contribution in [0.25, 0.3) is 11.0 Å². The molecule has 0 fully saturated rings. The van der Waals surface area contributed by atoms with Crippen molar-refractivity contribution >= 4 is 26.9 Å². The number of H-pyrrole nitrogens is 1. The number of hydrogen-bond acceptors (Lipinski definition) is 3. The second kappa shape index (κ2) is 3.96. The van der Waals surface area contributed by atoms with Crippen molar-refractivity contribution in [2.75, 3.05) is 4.72 Å². The van der Waals surface area contributed by atoms with Gasteiger partial charge in [-0.3, -0.25) is 4.72 Å². The van der Waals surface area contributed by atoms with Crippen LogP contribution in [0, 0.1) is 0 Å². The minimum atomic E-state index is -3.75. The minimum absolute atomic E-state index is 0.0907. The lowest BCUT2D eigenvalue weighted by atomic mass is 9.96. The number of hydrogen-bond donors (Lipinski definition) is 3. The first-order valence-electron chi connectivity index (χ1n) is 5.46.